The third-order valence-electron chi connectivity index (χ3n) is 16.6. The Labute approximate surface area is 506 Å². The Bertz CT molecular complexity index is 1350. The highest BCUT2D eigenvalue weighted by Gasteiger charge is 2.19. The van der Waals surface area contributed by atoms with E-state index in [-0.39, 0.29) is 31.1 Å². The molecule has 0 heterocycles. The van der Waals surface area contributed by atoms with Crippen LogP contribution >= 0.6 is 0 Å². The topological polar surface area (TPSA) is 78.9 Å². The average Bonchev–Trinajstić information content (AvgIpc) is 3.47. The average molecular weight is 1140 g/mol. The van der Waals surface area contributed by atoms with E-state index in [1.54, 1.807) is 0 Å². The quantitative estimate of drug-likeness (QED) is 0.0261. The normalized spacial score (nSPS) is 12.2. The maximum Gasteiger partial charge on any atom is 0.306 e. The third-order valence-corrected chi connectivity index (χ3v) is 16.6. The van der Waals surface area contributed by atoms with Crippen LogP contribution in [0, 0.1) is 0 Å². The molecule has 0 N–H and O–H groups in total. The van der Waals surface area contributed by atoms with E-state index in [9.17, 15) is 14.4 Å². The molecule has 6 nitrogen and oxygen atoms in total. The van der Waals surface area contributed by atoms with E-state index in [0.29, 0.717) is 19.3 Å². The molecule has 0 aromatic heterocycles. The van der Waals surface area contributed by atoms with Gasteiger partial charge in [-0.1, -0.05) is 365 Å². The lowest BCUT2D eigenvalue weighted by molar-refractivity contribution is -0.167. The van der Waals surface area contributed by atoms with Crippen LogP contribution in [0.1, 0.15) is 406 Å². The van der Waals surface area contributed by atoms with E-state index in [0.717, 1.165) is 70.6 Å². The summed E-state index contributed by atoms with van der Waals surface area (Å²) < 4.78 is 17.0. The van der Waals surface area contributed by atoms with Gasteiger partial charge in [-0.05, 0) is 57.8 Å². The molecule has 0 aliphatic heterocycles. The Morgan fingerprint density at radius 2 is 0.444 bits per heavy atom. The number of esters is 3. The van der Waals surface area contributed by atoms with Crippen LogP contribution < -0.4 is 0 Å². The summed E-state index contributed by atoms with van der Waals surface area (Å²) in [4.78, 5) is 38.3. The fourth-order valence-corrected chi connectivity index (χ4v) is 11.2. The summed E-state index contributed by atoms with van der Waals surface area (Å²) in [6.07, 6.45) is 87.7. The van der Waals surface area contributed by atoms with Crippen molar-refractivity contribution < 1.29 is 28.6 Å². The summed E-state index contributed by atoms with van der Waals surface area (Å²) in [5, 5.41) is 0. The number of carbonyl (C=O) groups is 3. The highest BCUT2D eigenvalue weighted by atomic mass is 16.6. The monoisotopic (exact) mass is 1140 g/mol. The van der Waals surface area contributed by atoms with Crippen molar-refractivity contribution in [2.45, 2.75) is 412 Å². The molecule has 0 aliphatic carbocycles. The first-order valence-corrected chi connectivity index (χ1v) is 36.5. The number of unbranched alkanes of at least 4 members (excludes halogenated alkanes) is 51. The van der Waals surface area contributed by atoms with Gasteiger partial charge in [0.05, 0.1) is 0 Å². The molecule has 0 rings (SSSR count). The minimum absolute atomic E-state index is 0.0652. The molecule has 0 saturated carbocycles. The van der Waals surface area contributed by atoms with E-state index in [1.807, 2.05) is 0 Å². The molecule has 0 aliphatic rings. The van der Waals surface area contributed by atoms with Crippen molar-refractivity contribution in [1.82, 2.24) is 0 Å². The van der Waals surface area contributed by atoms with E-state index in [4.69, 9.17) is 14.2 Å². The van der Waals surface area contributed by atoms with E-state index in [2.05, 4.69) is 57.2 Å². The van der Waals surface area contributed by atoms with E-state index in [1.165, 1.54) is 295 Å². The van der Waals surface area contributed by atoms with Crippen molar-refractivity contribution in [3.8, 4) is 0 Å². The molecule has 476 valence electrons. The molecule has 0 aromatic rings. The number of allylic oxidation sites excluding steroid dienone is 6. The summed E-state index contributed by atoms with van der Waals surface area (Å²) in [5.41, 5.74) is 0. The van der Waals surface area contributed by atoms with Crippen LogP contribution in [0.5, 0.6) is 0 Å². The van der Waals surface area contributed by atoms with Crippen LogP contribution in [0.2, 0.25) is 0 Å². The Kier molecular flexibility index (Phi) is 68.1. The zero-order valence-corrected chi connectivity index (χ0v) is 54.8. The maximum absolute atomic E-state index is 12.9. The second kappa shape index (κ2) is 70.1. The maximum atomic E-state index is 12.9. The van der Waals surface area contributed by atoms with Gasteiger partial charge in [0.2, 0.25) is 0 Å². The van der Waals surface area contributed by atoms with Gasteiger partial charge in [-0.15, -0.1) is 0 Å². The molecule has 81 heavy (non-hydrogen) atoms. The fourth-order valence-electron chi connectivity index (χ4n) is 11.2. The molecular formula is C75H140O6. The molecule has 0 aromatic carbocycles. The number of ether oxygens (including phenoxy) is 3. The van der Waals surface area contributed by atoms with Crippen LogP contribution in [0.15, 0.2) is 36.5 Å². The first-order valence-electron chi connectivity index (χ1n) is 36.5. The van der Waals surface area contributed by atoms with Gasteiger partial charge in [-0.3, -0.25) is 14.4 Å². The van der Waals surface area contributed by atoms with Crippen molar-refractivity contribution in [3.05, 3.63) is 36.5 Å². The molecule has 1 unspecified atom stereocenters. The Morgan fingerprint density at radius 3 is 0.691 bits per heavy atom. The second-order valence-electron chi connectivity index (χ2n) is 24.9. The molecule has 0 fully saturated rings. The van der Waals surface area contributed by atoms with E-state index >= 15 is 0 Å². The smallest absolute Gasteiger partial charge is 0.306 e. The minimum Gasteiger partial charge on any atom is -0.462 e. The van der Waals surface area contributed by atoms with Crippen molar-refractivity contribution in [1.29, 1.82) is 0 Å². The van der Waals surface area contributed by atoms with E-state index < -0.39 is 6.10 Å². The lowest BCUT2D eigenvalue weighted by Gasteiger charge is -2.18. The lowest BCUT2D eigenvalue weighted by Crippen LogP contribution is -2.30. The first kappa shape index (κ1) is 78.6. The molecule has 6 heteroatoms. The van der Waals surface area contributed by atoms with Gasteiger partial charge in [0.1, 0.15) is 13.2 Å². The fraction of sp³-hybridized carbons (Fsp3) is 0.880. The Morgan fingerprint density at radius 1 is 0.247 bits per heavy atom. The van der Waals surface area contributed by atoms with Crippen molar-refractivity contribution in [2.75, 3.05) is 13.2 Å². The highest BCUT2D eigenvalue weighted by Crippen LogP contribution is 2.19. The van der Waals surface area contributed by atoms with Crippen molar-refractivity contribution >= 4 is 17.9 Å². The number of hydrogen-bond acceptors (Lipinski definition) is 6. The molecule has 0 radical (unpaired) electrons. The van der Waals surface area contributed by atoms with Crippen molar-refractivity contribution in [3.63, 3.8) is 0 Å². The van der Waals surface area contributed by atoms with Crippen LogP contribution in [0.25, 0.3) is 0 Å². The molecule has 0 bridgehead atoms. The predicted octanol–water partition coefficient (Wildman–Crippen LogP) is 25.1. The van der Waals surface area contributed by atoms with Gasteiger partial charge in [0.15, 0.2) is 6.10 Å². The van der Waals surface area contributed by atoms with Gasteiger partial charge in [0, 0.05) is 19.3 Å². The largest absolute Gasteiger partial charge is 0.462 e. The lowest BCUT2D eigenvalue weighted by atomic mass is 10.0. The van der Waals surface area contributed by atoms with Crippen LogP contribution in [0.3, 0.4) is 0 Å². The van der Waals surface area contributed by atoms with Gasteiger partial charge in [0.25, 0.3) is 0 Å². The number of hydrogen-bond donors (Lipinski definition) is 0. The Balaban J connectivity index is 4.07. The van der Waals surface area contributed by atoms with Gasteiger partial charge in [-0.2, -0.15) is 0 Å². The van der Waals surface area contributed by atoms with Crippen LogP contribution in [-0.4, -0.2) is 37.2 Å². The number of rotatable bonds is 68. The minimum atomic E-state index is -0.767. The van der Waals surface area contributed by atoms with Gasteiger partial charge < -0.3 is 14.2 Å². The zero-order valence-electron chi connectivity index (χ0n) is 54.8. The van der Waals surface area contributed by atoms with Gasteiger partial charge >= 0.3 is 17.9 Å². The van der Waals surface area contributed by atoms with Gasteiger partial charge in [-0.25, -0.2) is 0 Å². The summed E-state index contributed by atoms with van der Waals surface area (Å²) >= 11 is 0. The third kappa shape index (κ3) is 68.3. The Hall–Kier alpha value is -2.37. The molecule has 0 amide bonds. The molecule has 0 saturated heterocycles. The molecule has 1 atom stereocenters. The number of carbonyl (C=O) groups excluding carboxylic acids is 3. The summed E-state index contributed by atoms with van der Waals surface area (Å²) in [7, 11) is 0. The standard InChI is InChI=1S/C75H140O6/c1-4-7-10-13-16-19-21-23-25-27-29-31-33-34-35-36-37-38-39-40-42-43-45-47-49-51-53-56-59-62-65-68-74(77)80-71-72(70-79-73(76)67-64-61-58-55-18-15-12-9-6-3)81-75(78)69-66-63-60-57-54-52-50-48-46-44-41-32-30-28-26-24-22-20-17-14-11-8-5-2/h21,23,27,29,33-34,72H,4-20,22,24-26,28,30-32,35-71H2,1-3H3/b23-21-,29-27-,34-33-. The first-order chi connectivity index (χ1) is 40.0. The summed E-state index contributed by atoms with van der Waals surface area (Å²) in [6.45, 7) is 6.69. The van der Waals surface area contributed by atoms with Crippen molar-refractivity contribution in [2.24, 2.45) is 0 Å². The highest BCUT2D eigenvalue weighted by molar-refractivity contribution is 5.71. The SMILES string of the molecule is CCCCCCC/C=C\C/C=C\C/C=C\CCCCCCCCCCCCCCCCCCC(=O)OCC(COC(=O)CCCCCCCCCCC)OC(=O)CCCCCCCCCCCCCCCCCCCCCCCCC. The summed E-state index contributed by atoms with van der Waals surface area (Å²) in [5.74, 6) is -0.838. The molecular weight excluding hydrogens is 997 g/mol. The predicted molar refractivity (Wildman–Crippen MR) is 353 cm³/mol. The molecule has 0 spiro atoms. The summed E-state index contributed by atoms with van der Waals surface area (Å²) in [6, 6.07) is 0. The zero-order chi connectivity index (χ0) is 58.5. The second-order valence-corrected chi connectivity index (χ2v) is 24.9. The van der Waals surface area contributed by atoms with Crippen LogP contribution in [-0.2, 0) is 28.6 Å². The van der Waals surface area contributed by atoms with Crippen LogP contribution in [0.4, 0.5) is 0 Å².